The van der Waals surface area contributed by atoms with Gasteiger partial charge in [0.15, 0.2) is 0 Å². The zero-order valence-electron chi connectivity index (χ0n) is 15.4. The molecule has 4 rings (SSSR count). The second-order valence-corrected chi connectivity index (χ2v) is 7.04. The third kappa shape index (κ3) is 3.67. The lowest BCUT2D eigenvalue weighted by Crippen LogP contribution is -2.44. The molecule has 1 unspecified atom stereocenters. The number of carbonyl (C=O) groups excluding carboxylic acids is 2. The molecule has 0 radical (unpaired) electrons. The highest BCUT2D eigenvalue weighted by molar-refractivity contribution is 6.06. The zero-order valence-corrected chi connectivity index (χ0v) is 15.4. The Bertz CT molecular complexity index is 1080. The summed E-state index contributed by atoms with van der Waals surface area (Å²) in [4.78, 5) is 42.2. The van der Waals surface area contributed by atoms with Crippen LogP contribution in [-0.2, 0) is 4.79 Å². The van der Waals surface area contributed by atoms with E-state index in [2.05, 4.69) is 10.3 Å². The number of nitrogens with one attached hydrogen (secondary N) is 2. The van der Waals surface area contributed by atoms with E-state index in [0.717, 1.165) is 18.5 Å². The largest absolute Gasteiger partial charge is 0.338 e. The number of aromatic nitrogens is 1. The Morgan fingerprint density at radius 1 is 1.04 bits per heavy atom. The Hall–Kier alpha value is -3.41. The molecule has 1 saturated heterocycles. The normalized spacial score (nSPS) is 16.7. The highest BCUT2D eigenvalue weighted by atomic mass is 16.2. The van der Waals surface area contributed by atoms with Gasteiger partial charge in [-0.25, -0.2) is 0 Å². The third-order valence-electron chi connectivity index (χ3n) is 5.10. The van der Waals surface area contributed by atoms with Crippen LogP contribution in [0.15, 0.2) is 65.5 Å². The molecule has 0 bridgehead atoms. The summed E-state index contributed by atoms with van der Waals surface area (Å²) < 4.78 is 0. The van der Waals surface area contributed by atoms with Crippen LogP contribution >= 0.6 is 0 Å². The summed E-state index contributed by atoms with van der Waals surface area (Å²) in [7, 11) is 0. The minimum absolute atomic E-state index is 0.0838. The molecule has 0 saturated carbocycles. The molecule has 1 fully saturated rings. The van der Waals surface area contributed by atoms with Crippen LogP contribution in [0, 0.1) is 5.92 Å². The van der Waals surface area contributed by atoms with E-state index < -0.39 is 0 Å². The van der Waals surface area contributed by atoms with E-state index in [-0.39, 0.29) is 23.3 Å². The zero-order chi connectivity index (χ0) is 19.5. The topological polar surface area (TPSA) is 82.3 Å². The summed E-state index contributed by atoms with van der Waals surface area (Å²) in [5.74, 6) is -0.565. The van der Waals surface area contributed by atoms with E-state index >= 15 is 0 Å². The molecule has 1 aliphatic heterocycles. The summed E-state index contributed by atoms with van der Waals surface area (Å²) in [6.45, 7) is 0.924. The van der Waals surface area contributed by atoms with Crippen molar-refractivity contribution in [2.75, 3.05) is 18.4 Å². The van der Waals surface area contributed by atoms with E-state index in [0.29, 0.717) is 29.6 Å². The van der Waals surface area contributed by atoms with Crippen LogP contribution in [0.4, 0.5) is 5.69 Å². The van der Waals surface area contributed by atoms with Crippen molar-refractivity contribution in [2.45, 2.75) is 12.8 Å². The molecule has 0 aliphatic carbocycles. The molecule has 142 valence electrons. The van der Waals surface area contributed by atoms with Gasteiger partial charge in [-0.15, -0.1) is 0 Å². The number of nitrogens with zero attached hydrogens (tertiary/aromatic N) is 1. The molecule has 28 heavy (non-hydrogen) atoms. The summed E-state index contributed by atoms with van der Waals surface area (Å²) in [5, 5.41) is 3.63. The van der Waals surface area contributed by atoms with Gasteiger partial charge in [0.05, 0.1) is 11.5 Å². The molecule has 2 aromatic carbocycles. The Kier molecular flexibility index (Phi) is 4.93. The summed E-state index contributed by atoms with van der Waals surface area (Å²) in [6.07, 6.45) is 1.48. The highest BCUT2D eigenvalue weighted by Crippen LogP contribution is 2.23. The van der Waals surface area contributed by atoms with E-state index in [1.54, 1.807) is 11.0 Å². The van der Waals surface area contributed by atoms with Gasteiger partial charge in [0.25, 0.3) is 5.91 Å². The number of hydrogen-bond acceptors (Lipinski definition) is 3. The van der Waals surface area contributed by atoms with Crippen LogP contribution in [0.5, 0.6) is 0 Å². The SMILES string of the molecule is O=C(Nc1ccccc1)C1CCCN(C(=O)c2cc(=O)[nH]c3ccccc23)C1. The summed E-state index contributed by atoms with van der Waals surface area (Å²) >= 11 is 0. The molecule has 3 aromatic rings. The molecule has 1 aromatic heterocycles. The van der Waals surface area contributed by atoms with Gasteiger partial charge in [-0.1, -0.05) is 36.4 Å². The third-order valence-corrected chi connectivity index (χ3v) is 5.10. The number of piperidine rings is 1. The van der Waals surface area contributed by atoms with Gasteiger partial charge >= 0.3 is 0 Å². The number of H-pyrrole nitrogens is 1. The molecule has 1 atom stereocenters. The first kappa shape index (κ1) is 18.0. The maximum absolute atomic E-state index is 13.1. The van der Waals surface area contributed by atoms with Gasteiger partial charge in [0.2, 0.25) is 11.5 Å². The van der Waals surface area contributed by atoms with E-state index in [1.165, 1.54) is 6.07 Å². The number of rotatable bonds is 3. The second-order valence-electron chi connectivity index (χ2n) is 7.04. The minimum Gasteiger partial charge on any atom is -0.338 e. The quantitative estimate of drug-likeness (QED) is 0.738. The first-order valence-electron chi connectivity index (χ1n) is 9.39. The van der Waals surface area contributed by atoms with E-state index in [4.69, 9.17) is 0 Å². The summed E-state index contributed by atoms with van der Waals surface area (Å²) in [5.41, 5.74) is 1.45. The molecule has 1 aliphatic rings. The van der Waals surface area contributed by atoms with Gasteiger partial charge in [-0.2, -0.15) is 0 Å². The number of amides is 2. The van der Waals surface area contributed by atoms with Crippen LogP contribution in [0.2, 0.25) is 0 Å². The molecule has 0 spiro atoms. The van der Waals surface area contributed by atoms with Gasteiger partial charge in [0, 0.05) is 35.7 Å². The van der Waals surface area contributed by atoms with Crippen LogP contribution in [-0.4, -0.2) is 34.8 Å². The average molecular weight is 375 g/mol. The number of aromatic amines is 1. The number of benzene rings is 2. The van der Waals surface area contributed by atoms with Crippen molar-refractivity contribution in [3.05, 3.63) is 76.6 Å². The number of anilines is 1. The number of hydrogen-bond donors (Lipinski definition) is 2. The minimum atomic E-state index is -0.308. The lowest BCUT2D eigenvalue weighted by Gasteiger charge is -2.32. The van der Waals surface area contributed by atoms with Crippen LogP contribution < -0.4 is 10.9 Å². The van der Waals surface area contributed by atoms with Crippen molar-refractivity contribution in [3.8, 4) is 0 Å². The van der Waals surface area contributed by atoms with Crippen molar-refractivity contribution in [3.63, 3.8) is 0 Å². The molecule has 6 heteroatoms. The Labute approximate surface area is 162 Å². The lowest BCUT2D eigenvalue weighted by atomic mass is 9.96. The Morgan fingerprint density at radius 3 is 2.61 bits per heavy atom. The van der Waals surface area contributed by atoms with Crippen LogP contribution in [0.25, 0.3) is 10.9 Å². The first-order chi connectivity index (χ1) is 13.6. The van der Waals surface area contributed by atoms with Crippen molar-refractivity contribution >= 4 is 28.4 Å². The molecule has 2 N–H and O–H groups in total. The number of carbonyl (C=O) groups is 2. The fourth-order valence-electron chi connectivity index (χ4n) is 3.69. The molecule has 2 heterocycles. The van der Waals surface area contributed by atoms with Crippen molar-refractivity contribution in [2.24, 2.45) is 5.92 Å². The standard InChI is InChI=1S/C22H21N3O3/c26-20-13-18(17-10-4-5-11-19(17)24-20)22(28)25-12-6-7-15(14-25)21(27)23-16-8-2-1-3-9-16/h1-5,8-11,13,15H,6-7,12,14H2,(H,23,27)(H,24,26). The van der Waals surface area contributed by atoms with E-state index in [9.17, 15) is 14.4 Å². The smallest absolute Gasteiger partial charge is 0.254 e. The van der Waals surface area contributed by atoms with Gasteiger partial charge < -0.3 is 15.2 Å². The molecular formula is C22H21N3O3. The fraction of sp³-hybridized carbons (Fsp3) is 0.227. The number of likely N-dealkylation sites (tertiary alicyclic amines) is 1. The number of fused-ring (bicyclic) bond motifs is 1. The Balaban J connectivity index is 1.54. The lowest BCUT2D eigenvalue weighted by molar-refractivity contribution is -0.121. The first-order valence-corrected chi connectivity index (χ1v) is 9.39. The molecule has 6 nitrogen and oxygen atoms in total. The predicted molar refractivity (Wildman–Crippen MR) is 108 cm³/mol. The number of pyridine rings is 1. The highest BCUT2D eigenvalue weighted by Gasteiger charge is 2.29. The van der Waals surface area contributed by atoms with E-state index in [1.807, 2.05) is 48.5 Å². The maximum Gasteiger partial charge on any atom is 0.254 e. The predicted octanol–water partition coefficient (Wildman–Crippen LogP) is 3.02. The van der Waals surface area contributed by atoms with Gasteiger partial charge in [-0.3, -0.25) is 14.4 Å². The average Bonchev–Trinajstić information content (AvgIpc) is 2.73. The monoisotopic (exact) mass is 375 g/mol. The fourth-order valence-corrected chi connectivity index (χ4v) is 3.69. The maximum atomic E-state index is 13.1. The van der Waals surface area contributed by atoms with Gasteiger partial charge in [-0.05, 0) is 31.0 Å². The van der Waals surface area contributed by atoms with Crippen molar-refractivity contribution in [1.29, 1.82) is 0 Å². The Morgan fingerprint density at radius 2 is 1.79 bits per heavy atom. The van der Waals surface area contributed by atoms with Crippen LogP contribution in [0.1, 0.15) is 23.2 Å². The molecule has 2 amide bonds. The number of para-hydroxylation sites is 2. The van der Waals surface area contributed by atoms with Crippen molar-refractivity contribution < 1.29 is 9.59 Å². The van der Waals surface area contributed by atoms with Crippen LogP contribution in [0.3, 0.4) is 0 Å². The molecular weight excluding hydrogens is 354 g/mol. The summed E-state index contributed by atoms with van der Waals surface area (Å²) in [6, 6.07) is 17.9. The van der Waals surface area contributed by atoms with Crippen molar-refractivity contribution in [1.82, 2.24) is 9.88 Å². The van der Waals surface area contributed by atoms with Gasteiger partial charge in [0.1, 0.15) is 0 Å². The second kappa shape index (κ2) is 7.68.